The van der Waals surface area contributed by atoms with Crippen LogP contribution in [0.2, 0.25) is 0 Å². The second-order valence-electron chi connectivity index (χ2n) is 3.57. The molecule has 18 heavy (non-hydrogen) atoms. The third-order valence-electron chi connectivity index (χ3n) is 2.22. The molecule has 0 unspecified atom stereocenters. The van der Waals surface area contributed by atoms with Gasteiger partial charge in [-0.2, -0.15) is 5.10 Å². The second kappa shape index (κ2) is 6.19. The minimum atomic E-state index is 0.253. The predicted octanol–water partition coefficient (Wildman–Crippen LogP) is 4.21. The lowest BCUT2D eigenvalue weighted by Crippen LogP contribution is -1.91. The number of nitrogens with zero attached hydrogens (tertiary/aromatic N) is 1. The van der Waals surface area contributed by atoms with Crippen LogP contribution >= 0.6 is 38.5 Å². The number of anilines is 1. The molecule has 0 heterocycles. The molecule has 0 amide bonds. The summed E-state index contributed by atoms with van der Waals surface area (Å²) < 4.78 is 1.44. The first kappa shape index (κ1) is 13.4. The van der Waals surface area contributed by atoms with E-state index in [4.69, 9.17) is 0 Å². The maximum atomic E-state index is 9.62. The molecule has 2 N–H and O–H groups in total. The zero-order chi connectivity index (χ0) is 13.0. The van der Waals surface area contributed by atoms with Gasteiger partial charge in [-0.05, 0) is 68.3 Å². The molecule has 92 valence electrons. The summed E-state index contributed by atoms with van der Waals surface area (Å²) in [5.41, 5.74) is 4.78. The summed E-state index contributed by atoms with van der Waals surface area (Å²) in [5.74, 6) is 0.253. The van der Waals surface area contributed by atoms with E-state index in [1.165, 1.54) is 0 Å². The van der Waals surface area contributed by atoms with Gasteiger partial charge in [-0.3, -0.25) is 5.43 Å². The third kappa shape index (κ3) is 3.46. The van der Waals surface area contributed by atoms with Crippen molar-refractivity contribution in [3.05, 3.63) is 56.1 Å². The summed E-state index contributed by atoms with van der Waals surface area (Å²) in [5, 5.41) is 13.8. The molecule has 0 aromatic heterocycles. The number of nitrogens with one attached hydrogen (secondary N) is 1. The van der Waals surface area contributed by atoms with Crippen molar-refractivity contribution in [2.24, 2.45) is 5.10 Å². The van der Waals surface area contributed by atoms with E-state index in [-0.39, 0.29) is 5.75 Å². The van der Waals surface area contributed by atoms with Crippen LogP contribution in [0.5, 0.6) is 5.75 Å². The topological polar surface area (TPSA) is 44.6 Å². The van der Waals surface area contributed by atoms with E-state index in [9.17, 15) is 5.11 Å². The van der Waals surface area contributed by atoms with Gasteiger partial charge in [0.1, 0.15) is 5.75 Å². The molecule has 2 aromatic rings. The molecule has 0 fully saturated rings. The van der Waals surface area contributed by atoms with Gasteiger partial charge in [0.05, 0.1) is 19.9 Å². The molecular formula is C13H10BrIN2O. The van der Waals surface area contributed by atoms with E-state index in [1.807, 2.05) is 42.5 Å². The Balaban J connectivity index is 2.10. The van der Waals surface area contributed by atoms with Crippen LogP contribution in [0.3, 0.4) is 0 Å². The van der Waals surface area contributed by atoms with Gasteiger partial charge >= 0.3 is 0 Å². The number of hydrogen-bond acceptors (Lipinski definition) is 3. The quantitative estimate of drug-likeness (QED) is 0.447. The molecule has 0 aliphatic rings. The Morgan fingerprint density at radius 1 is 1.22 bits per heavy atom. The van der Waals surface area contributed by atoms with Gasteiger partial charge in [-0.1, -0.05) is 18.2 Å². The Hall–Kier alpha value is -1.08. The number of aromatic hydroxyl groups is 1. The van der Waals surface area contributed by atoms with Crippen molar-refractivity contribution in [2.45, 2.75) is 0 Å². The molecule has 0 aliphatic carbocycles. The summed E-state index contributed by atoms with van der Waals surface area (Å²) >= 11 is 5.37. The van der Waals surface area contributed by atoms with Crippen LogP contribution in [0.1, 0.15) is 5.56 Å². The van der Waals surface area contributed by atoms with E-state index in [2.05, 4.69) is 49.0 Å². The van der Waals surface area contributed by atoms with Crippen LogP contribution in [-0.2, 0) is 0 Å². The molecule has 0 atom stereocenters. The molecular weight excluding hydrogens is 407 g/mol. The first-order chi connectivity index (χ1) is 8.66. The van der Waals surface area contributed by atoms with Gasteiger partial charge in [0, 0.05) is 0 Å². The number of benzene rings is 2. The maximum Gasteiger partial charge on any atom is 0.143 e. The van der Waals surface area contributed by atoms with E-state index >= 15 is 0 Å². The van der Waals surface area contributed by atoms with Crippen LogP contribution < -0.4 is 5.43 Å². The van der Waals surface area contributed by atoms with Crippen molar-refractivity contribution in [1.29, 1.82) is 0 Å². The van der Waals surface area contributed by atoms with E-state index in [0.717, 1.165) is 14.8 Å². The molecule has 0 spiro atoms. The van der Waals surface area contributed by atoms with Crippen LogP contribution in [0, 0.1) is 3.57 Å². The fourth-order valence-electron chi connectivity index (χ4n) is 1.35. The van der Waals surface area contributed by atoms with Gasteiger partial charge in [-0.15, -0.1) is 0 Å². The first-order valence-electron chi connectivity index (χ1n) is 5.19. The van der Waals surface area contributed by atoms with Crippen molar-refractivity contribution in [2.75, 3.05) is 5.43 Å². The molecule has 0 aliphatic heterocycles. The lowest BCUT2D eigenvalue weighted by atomic mass is 10.2. The van der Waals surface area contributed by atoms with Crippen LogP contribution in [0.15, 0.2) is 52.0 Å². The fourth-order valence-corrected chi connectivity index (χ4v) is 2.85. The molecule has 0 radical (unpaired) electrons. The minimum absolute atomic E-state index is 0.253. The summed E-state index contributed by atoms with van der Waals surface area (Å²) in [6.45, 7) is 0. The Bertz CT molecular complexity index is 549. The minimum Gasteiger partial charge on any atom is -0.506 e. The van der Waals surface area contributed by atoms with Gasteiger partial charge < -0.3 is 5.11 Å². The van der Waals surface area contributed by atoms with Crippen molar-refractivity contribution in [3.8, 4) is 5.75 Å². The van der Waals surface area contributed by atoms with Gasteiger partial charge in [0.15, 0.2) is 0 Å². The van der Waals surface area contributed by atoms with Crippen molar-refractivity contribution in [1.82, 2.24) is 0 Å². The summed E-state index contributed by atoms with van der Waals surface area (Å²) in [6.07, 6.45) is 1.71. The lowest BCUT2D eigenvalue weighted by Gasteiger charge is -2.02. The second-order valence-corrected chi connectivity index (χ2v) is 5.59. The molecule has 5 heteroatoms. The number of para-hydroxylation sites is 1. The van der Waals surface area contributed by atoms with Gasteiger partial charge in [0.25, 0.3) is 0 Å². The van der Waals surface area contributed by atoms with Crippen LogP contribution in [-0.4, -0.2) is 11.3 Å². The highest BCUT2D eigenvalue weighted by molar-refractivity contribution is 14.1. The highest BCUT2D eigenvalue weighted by Gasteiger charge is 2.04. The highest BCUT2D eigenvalue weighted by atomic mass is 127. The lowest BCUT2D eigenvalue weighted by molar-refractivity contribution is 0.468. The summed E-state index contributed by atoms with van der Waals surface area (Å²) in [4.78, 5) is 0. The zero-order valence-corrected chi connectivity index (χ0v) is 13.0. The predicted molar refractivity (Wildman–Crippen MR) is 86.2 cm³/mol. The largest absolute Gasteiger partial charge is 0.506 e. The van der Waals surface area contributed by atoms with E-state index < -0.39 is 0 Å². The number of phenolic OH excluding ortho intramolecular Hbond substituents is 1. The van der Waals surface area contributed by atoms with Crippen molar-refractivity contribution >= 4 is 50.4 Å². The highest BCUT2D eigenvalue weighted by Crippen LogP contribution is 2.29. The number of rotatable bonds is 3. The maximum absolute atomic E-state index is 9.62. The van der Waals surface area contributed by atoms with Crippen molar-refractivity contribution in [3.63, 3.8) is 0 Å². The molecule has 2 rings (SSSR count). The summed E-state index contributed by atoms with van der Waals surface area (Å²) in [7, 11) is 0. The first-order valence-corrected chi connectivity index (χ1v) is 7.06. The Kier molecular flexibility index (Phi) is 4.60. The summed E-state index contributed by atoms with van der Waals surface area (Å²) in [6, 6.07) is 13.4. The molecule has 2 aromatic carbocycles. The van der Waals surface area contributed by atoms with Crippen LogP contribution in [0.25, 0.3) is 0 Å². The van der Waals surface area contributed by atoms with Gasteiger partial charge in [0.2, 0.25) is 0 Å². The molecule has 3 nitrogen and oxygen atoms in total. The molecule has 0 bridgehead atoms. The molecule has 0 saturated heterocycles. The molecule has 0 saturated carbocycles. The van der Waals surface area contributed by atoms with Crippen molar-refractivity contribution < 1.29 is 5.11 Å². The van der Waals surface area contributed by atoms with E-state index in [0.29, 0.717) is 4.47 Å². The SMILES string of the molecule is Oc1c(Br)cc(/C=N\Nc2ccccc2)cc1I. The Labute approximate surface area is 127 Å². The van der Waals surface area contributed by atoms with Crippen LogP contribution in [0.4, 0.5) is 5.69 Å². The fraction of sp³-hybridized carbons (Fsp3) is 0. The Morgan fingerprint density at radius 3 is 2.61 bits per heavy atom. The average molecular weight is 417 g/mol. The zero-order valence-electron chi connectivity index (χ0n) is 9.27. The monoisotopic (exact) mass is 416 g/mol. The standard InChI is InChI=1S/C13H10BrIN2O/c14-11-6-9(7-12(15)13(11)18)8-16-17-10-4-2-1-3-5-10/h1-8,17-18H/b16-8-. The van der Waals surface area contributed by atoms with E-state index in [1.54, 1.807) is 6.21 Å². The smallest absolute Gasteiger partial charge is 0.143 e. The van der Waals surface area contributed by atoms with Gasteiger partial charge in [-0.25, -0.2) is 0 Å². The third-order valence-corrected chi connectivity index (χ3v) is 3.65. The number of hydrogen-bond donors (Lipinski definition) is 2. The number of halogens is 2. The Morgan fingerprint density at radius 2 is 1.94 bits per heavy atom. The number of hydrazone groups is 1. The number of phenols is 1. The normalized spacial score (nSPS) is 10.8. The average Bonchev–Trinajstić information content (AvgIpc) is 2.37.